The summed E-state index contributed by atoms with van der Waals surface area (Å²) in [5.41, 5.74) is 2.41. The van der Waals surface area contributed by atoms with Crippen LogP contribution in [0.3, 0.4) is 0 Å². The van der Waals surface area contributed by atoms with Crippen molar-refractivity contribution >= 4 is 34.7 Å². The van der Waals surface area contributed by atoms with Crippen LogP contribution in [0, 0.1) is 13.8 Å². The topological polar surface area (TPSA) is 114 Å². The highest BCUT2D eigenvalue weighted by Crippen LogP contribution is 2.18. The van der Waals surface area contributed by atoms with Crippen LogP contribution in [0.15, 0.2) is 40.3 Å². The van der Waals surface area contributed by atoms with E-state index in [0.29, 0.717) is 12.2 Å². The van der Waals surface area contributed by atoms with Crippen molar-refractivity contribution in [3.8, 4) is 0 Å². The smallest absolute Gasteiger partial charge is 0.338 e. The van der Waals surface area contributed by atoms with Gasteiger partial charge in [0.2, 0.25) is 5.91 Å². The average molecular weight is 412 g/mol. The summed E-state index contributed by atoms with van der Waals surface area (Å²) in [6.45, 7) is 4.11. The van der Waals surface area contributed by atoms with E-state index in [9.17, 15) is 14.4 Å². The molecule has 0 aliphatic heterocycles. The number of carbonyl (C=O) groups excluding carboxylic acids is 2. The lowest BCUT2D eigenvalue weighted by atomic mass is 10.1. The molecule has 0 aliphatic carbocycles. The second-order valence-electron chi connectivity index (χ2n) is 6.36. The summed E-state index contributed by atoms with van der Waals surface area (Å²) in [6.07, 6.45) is 0. The van der Waals surface area contributed by atoms with Gasteiger partial charge in [0.05, 0.1) is 23.8 Å². The zero-order valence-electron chi connectivity index (χ0n) is 16.2. The van der Waals surface area contributed by atoms with Crippen LogP contribution in [0.25, 0.3) is 11.0 Å². The average Bonchev–Trinajstić information content (AvgIpc) is 2.70. The van der Waals surface area contributed by atoms with Crippen molar-refractivity contribution in [3.05, 3.63) is 63.1 Å². The van der Waals surface area contributed by atoms with Crippen LogP contribution in [-0.2, 0) is 16.1 Å². The number of aromatic amines is 1. The molecule has 8 nitrogen and oxygen atoms in total. The molecule has 2 aromatic heterocycles. The number of carbonyl (C=O) groups is 2. The van der Waals surface area contributed by atoms with Gasteiger partial charge in [-0.05, 0) is 31.0 Å². The summed E-state index contributed by atoms with van der Waals surface area (Å²) in [5.74, 6) is -0.743. The van der Waals surface area contributed by atoms with Crippen molar-refractivity contribution in [1.82, 2.24) is 20.3 Å². The van der Waals surface area contributed by atoms with E-state index in [0.717, 1.165) is 22.9 Å². The van der Waals surface area contributed by atoms with Gasteiger partial charge in [0.25, 0.3) is 5.56 Å². The first-order valence-corrected chi connectivity index (χ1v) is 9.81. The first-order chi connectivity index (χ1) is 13.9. The molecular formula is C20H20N4O4S. The van der Waals surface area contributed by atoms with Crippen LogP contribution < -0.4 is 10.9 Å². The van der Waals surface area contributed by atoms with E-state index in [1.54, 1.807) is 6.92 Å². The number of nitrogens with one attached hydrogen (secondary N) is 2. The maximum atomic E-state index is 12.5. The van der Waals surface area contributed by atoms with Crippen LogP contribution in [0.2, 0.25) is 0 Å². The third-order valence-electron chi connectivity index (χ3n) is 4.27. The number of nitrogens with zero attached hydrogens (tertiary/aromatic N) is 2. The van der Waals surface area contributed by atoms with Gasteiger partial charge in [-0.25, -0.2) is 14.8 Å². The predicted octanol–water partition coefficient (Wildman–Crippen LogP) is 2.13. The molecule has 2 N–H and O–H groups in total. The molecular weight excluding hydrogens is 392 g/mol. The highest BCUT2D eigenvalue weighted by Gasteiger charge is 2.17. The van der Waals surface area contributed by atoms with Crippen LogP contribution >= 0.6 is 11.8 Å². The zero-order chi connectivity index (χ0) is 21.0. The Morgan fingerprint density at radius 1 is 1.21 bits per heavy atom. The van der Waals surface area contributed by atoms with Crippen LogP contribution in [0.5, 0.6) is 0 Å². The number of methoxy groups -OCH3 is 1. The summed E-state index contributed by atoms with van der Waals surface area (Å²) in [4.78, 5) is 47.7. The lowest BCUT2D eigenvalue weighted by Crippen LogP contribution is -2.25. The monoisotopic (exact) mass is 412 g/mol. The van der Waals surface area contributed by atoms with Gasteiger partial charge in [-0.2, -0.15) is 0 Å². The summed E-state index contributed by atoms with van der Waals surface area (Å²) in [6, 6.07) is 9.29. The maximum absolute atomic E-state index is 12.5. The second kappa shape index (κ2) is 8.87. The van der Waals surface area contributed by atoms with Crippen molar-refractivity contribution in [2.75, 3.05) is 12.9 Å². The molecule has 0 saturated heterocycles. The van der Waals surface area contributed by atoms with E-state index in [4.69, 9.17) is 4.74 Å². The van der Waals surface area contributed by atoms with Crippen molar-refractivity contribution < 1.29 is 14.3 Å². The Balaban J connectivity index is 1.74. The Kier molecular flexibility index (Phi) is 6.28. The molecule has 0 aliphatic rings. The SMILES string of the molecule is COC(=O)c1cc(C)nc2nc(SCC(=O)NCc3ccccc3C)[nH]c(=O)c12. The van der Waals surface area contributed by atoms with E-state index in [1.807, 2.05) is 31.2 Å². The zero-order valence-corrected chi connectivity index (χ0v) is 17.1. The van der Waals surface area contributed by atoms with Gasteiger partial charge < -0.3 is 15.0 Å². The summed E-state index contributed by atoms with van der Waals surface area (Å²) in [7, 11) is 1.24. The van der Waals surface area contributed by atoms with Crippen LogP contribution in [0.4, 0.5) is 0 Å². The Bertz CT molecular complexity index is 1140. The van der Waals surface area contributed by atoms with E-state index in [2.05, 4.69) is 20.3 Å². The Morgan fingerprint density at radius 2 is 1.97 bits per heavy atom. The number of rotatable bonds is 6. The normalized spacial score (nSPS) is 10.7. The number of benzene rings is 1. The second-order valence-corrected chi connectivity index (χ2v) is 7.33. The number of hydrogen-bond acceptors (Lipinski definition) is 7. The number of pyridine rings is 1. The van der Waals surface area contributed by atoms with Crippen LogP contribution in [-0.4, -0.2) is 39.7 Å². The molecule has 29 heavy (non-hydrogen) atoms. The van der Waals surface area contributed by atoms with Crippen molar-refractivity contribution in [3.63, 3.8) is 0 Å². The van der Waals surface area contributed by atoms with Crippen LogP contribution in [0.1, 0.15) is 27.2 Å². The molecule has 150 valence electrons. The number of amides is 1. The van der Waals surface area contributed by atoms with Gasteiger partial charge in [0, 0.05) is 12.2 Å². The molecule has 0 saturated carbocycles. The van der Waals surface area contributed by atoms with E-state index in [-0.39, 0.29) is 33.4 Å². The predicted molar refractivity (Wildman–Crippen MR) is 110 cm³/mol. The van der Waals surface area contributed by atoms with E-state index in [1.165, 1.54) is 13.2 Å². The minimum Gasteiger partial charge on any atom is -0.465 e. The van der Waals surface area contributed by atoms with Gasteiger partial charge in [0.15, 0.2) is 10.8 Å². The lowest BCUT2D eigenvalue weighted by Gasteiger charge is -2.08. The summed E-state index contributed by atoms with van der Waals surface area (Å²) >= 11 is 1.09. The maximum Gasteiger partial charge on any atom is 0.338 e. The van der Waals surface area contributed by atoms with E-state index < -0.39 is 11.5 Å². The fourth-order valence-electron chi connectivity index (χ4n) is 2.77. The molecule has 0 radical (unpaired) electrons. The minimum absolute atomic E-state index is 0.0656. The third kappa shape index (κ3) is 4.80. The number of esters is 1. The quantitative estimate of drug-likeness (QED) is 0.362. The molecule has 2 heterocycles. The Morgan fingerprint density at radius 3 is 2.69 bits per heavy atom. The molecule has 3 rings (SSSR count). The molecule has 0 bridgehead atoms. The summed E-state index contributed by atoms with van der Waals surface area (Å²) < 4.78 is 4.73. The van der Waals surface area contributed by atoms with Gasteiger partial charge >= 0.3 is 5.97 Å². The fourth-order valence-corrected chi connectivity index (χ4v) is 3.46. The molecule has 0 atom stereocenters. The van der Waals surface area contributed by atoms with Crippen molar-refractivity contribution in [2.45, 2.75) is 25.5 Å². The minimum atomic E-state index is -0.635. The highest BCUT2D eigenvalue weighted by atomic mass is 32.2. The number of fused-ring (bicyclic) bond motifs is 1. The number of thioether (sulfide) groups is 1. The Hall–Kier alpha value is -3.20. The molecule has 9 heteroatoms. The fraction of sp³-hybridized carbons (Fsp3) is 0.250. The van der Waals surface area contributed by atoms with Gasteiger partial charge in [-0.1, -0.05) is 36.0 Å². The molecule has 0 spiro atoms. The molecule has 0 unspecified atom stereocenters. The highest BCUT2D eigenvalue weighted by molar-refractivity contribution is 7.99. The number of H-pyrrole nitrogens is 1. The van der Waals surface area contributed by atoms with E-state index >= 15 is 0 Å². The third-order valence-corrected chi connectivity index (χ3v) is 5.14. The standard InChI is InChI=1S/C20H20N4O4S/c1-11-6-4-5-7-13(11)9-21-15(25)10-29-20-23-17-16(18(26)24-20)14(19(27)28-3)8-12(2)22-17/h4-8H,9-10H2,1-3H3,(H,21,25)(H,22,23,24,26). The van der Waals surface area contributed by atoms with Gasteiger partial charge in [-0.3, -0.25) is 9.59 Å². The number of aryl methyl sites for hydroxylation is 2. The van der Waals surface area contributed by atoms with Crippen molar-refractivity contribution in [2.24, 2.45) is 0 Å². The summed E-state index contributed by atoms with van der Waals surface area (Å²) in [5, 5.41) is 3.16. The Labute approximate surface area is 171 Å². The molecule has 1 aromatic carbocycles. The molecule has 3 aromatic rings. The molecule has 0 fully saturated rings. The van der Waals surface area contributed by atoms with Gasteiger partial charge in [-0.15, -0.1) is 0 Å². The first-order valence-electron chi connectivity index (χ1n) is 8.83. The van der Waals surface area contributed by atoms with Crippen molar-refractivity contribution in [1.29, 1.82) is 0 Å². The number of aromatic nitrogens is 3. The molecule has 1 amide bonds. The lowest BCUT2D eigenvalue weighted by molar-refractivity contribution is -0.118. The number of hydrogen-bond donors (Lipinski definition) is 2. The first kappa shape index (κ1) is 20.5. The number of ether oxygens (including phenoxy) is 1. The largest absolute Gasteiger partial charge is 0.465 e. The van der Waals surface area contributed by atoms with Gasteiger partial charge in [0.1, 0.15) is 0 Å².